The SMILES string of the molecule is CC(C)(CO)C(=O)O.CC(C)(CO)C(=O)n1nc(C2CCN(S(=O)(=O)c3ccccc3)CC2)cc1NCc1ccc(Cl)s1.O=S(=O)(c1ccccc1)N1CCC(c2cc(NCc3ccc(Cl)s3)n[nH]2)CC1. The molecule has 0 radical (unpaired) electrons. The maximum Gasteiger partial charge on any atom is 0.311 e. The van der Waals surface area contributed by atoms with Crippen molar-refractivity contribution in [2.24, 2.45) is 10.8 Å². The van der Waals surface area contributed by atoms with Gasteiger partial charge in [-0.3, -0.25) is 14.7 Å². The van der Waals surface area contributed by atoms with Crippen LogP contribution in [0.4, 0.5) is 11.6 Å². The molecule has 2 aliphatic heterocycles. The summed E-state index contributed by atoms with van der Waals surface area (Å²) in [4.78, 5) is 26.1. The molecule has 6 N–H and O–H groups in total. The minimum atomic E-state index is -3.54. The van der Waals surface area contributed by atoms with Crippen LogP contribution in [0.5, 0.6) is 0 Å². The van der Waals surface area contributed by atoms with Crippen molar-refractivity contribution >= 4 is 89.4 Å². The third kappa shape index (κ3) is 14.5. The number of nitrogens with zero attached hydrogens (tertiary/aromatic N) is 5. The van der Waals surface area contributed by atoms with Gasteiger partial charge in [-0.05, 0) is 102 Å². The number of sulfonamides is 2. The van der Waals surface area contributed by atoms with E-state index in [2.05, 4.69) is 25.9 Å². The molecule has 8 rings (SSSR count). The summed E-state index contributed by atoms with van der Waals surface area (Å²) in [5.74, 6) is 0.331. The van der Waals surface area contributed by atoms with Gasteiger partial charge < -0.3 is 26.0 Å². The van der Waals surface area contributed by atoms with Crippen LogP contribution in [-0.2, 0) is 37.9 Å². The van der Waals surface area contributed by atoms with Crippen molar-refractivity contribution in [3.05, 3.63) is 127 Å². The molecule has 0 unspecified atom stereocenters. The summed E-state index contributed by atoms with van der Waals surface area (Å²) < 4.78 is 57.3. The van der Waals surface area contributed by atoms with E-state index < -0.39 is 36.8 Å². The number of aliphatic carboxylic acids is 1. The Morgan fingerprint density at radius 1 is 0.690 bits per heavy atom. The zero-order chi connectivity index (χ0) is 51.6. The number of hydrogen-bond acceptors (Lipinski definition) is 14. The molecule has 2 aromatic carbocycles. The summed E-state index contributed by atoms with van der Waals surface area (Å²) in [5.41, 5.74) is -0.210. The van der Waals surface area contributed by atoms with Gasteiger partial charge >= 0.3 is 5.97 Å². The largest absolute Gasteiger partial charge is 0.481 e. The molecule has 0 atom stereocenters. The molecule has 0 bridgehead atoms. The first-order valence-electron chi connectivity index (χ1n) is 22.9. The van der Waals surface area contributed by atoms with Crippen LogP contribution in [0.2, 0.25) is 8.67 Å². The number of carboxylic acid groups (broad SMARTS) is 1. The Bertz CT molecular complexity index is 2910. The minimum Gasteiger partial charge on any atom is -0.481 e. The molecule has 2 saturated heterocycles. The number of halogens is 2. The lowest BCUT2D eigenvalue weighted by Gasteiger charge is -2.30. The number of aliphatic hydroxyl groups is 2. The Morgan fingerprint density at radius 3 is 1.58 bits per heavy atom. The molecule has 17 nitrogen and oxygen atoms in total. The highest BCUT2D eigenvalue weighted by molar-refractivity contribution is 7.89. The second kappa shape index (κ2) is 24.4. The number of benzene rings is 2. The van der Waals surface area contributed by atoms with Crippen LogP contribution in [0.3, 0.4) is 0 Å². The molecule has 2 aliphatic rings. The van der Waals surface area contributed by atoms with Crippen LogP contribution in [0.25, 0.3) is 0 Å². The van der Waals surface area contributed by atoms with Gasteiger partial charge in [0.15, 0.2) is 0 Å². The quantitative estimate of drug-likeness (QED) is 0.0532. The van der Waals surface area contributed by atoms with Crippen molar-refractivity contribution in [2.45, 2.75) is 88.1 Å². The summed E-state index contributed by atoms with van der Waals surface area (Å²) in [5, 5.41) is 45.0. The van der Waals surface area contributed by atoms with Gasteiger partial charge in [0.2, 0.25) is 20.0 Å². The molecule has 6 heterocycles. The van der Waals surface area contributed by atoms with Gasteiger partial charge in [-0.1, -0.05) is 59.6 Å². The van der Waals surface area contributed by atoms with Crippen molar-refractivity contribution in [2.75, 3.05) is 50.0 Å². The first kappa shape index (κ1) is 55.6. The number of nitrogens with one attached hydrogen (secondary N) is 3. The summed E-state index contributed by atoms with van der Waals surface area (Å²) in [7, 11) is -6.95. The van der Waals surface area contributed by atoms with E-state index in [9.17, 15) is 31.5 Å². The Labute approximate surface area is 432 Å². The molecule has 0 saturated carbocycles. The van der Waals surface area contributed by atoms with E-state index in [-0.39, 0.29) is 31.0 Å². The number of thiophene rings is 2. The van der Waals surface area contributed by atoms with Gasteiger partial charge in [-0.25, -0.2) is 16.8 Å². The van der Waals surface area contributed by atoms with Gasteiger partial charge in [-0.2, -0.15) is 23.5 Å². The molecule has 384 valence electrons. The third-order valence-electron chi connectivity index (χ3n) is 12.1. The van der Waals surface area contributed by atoms with Gasteiger partial charge in [0.1, 0.15) is 11.6 Å². The summed E-state index contributed by atoms with van der Waals surface area (Å²) in [6.45, 7) is 8.58. The number of piperidine rings is 2. The Morgan fingerprint density at radius 2 is 1.15 bits per heavy atom. The number of hydrogen-bond donors (Lipinski definition) is 6. The average Bonchev–Trinajstić information content (AvgIpc) is 4.21. The van der Waals surface area contributed by atoms with Crippen molar-refractivity contribution in [3.63, 3.8) is 0 Å². The van der Waals surface area contributed by atoms with Crippen LogP contribution >= 0.6 is 45.9 Å². The van der Waals surface area contributed by atoms with Crippen LogP contribution in [-0.4, -0.2) is 112 Å². The fourth-order valence-electron chi connectivity index (χ4n) is 7.47. The molecular formula is C48H60Cl2N8O9S4. The summed E-state index contributed by atoms with van der Waals surface area (Å²) in [6.07, 6.45) is 2.74. The van der Waals surface area contributed by atoms with Crippen LogP contribution in [0, 0.1) is 10.8 Å². The second-order valence-electron chi connectivity index (χ2n) is 18.4. The number of carbonyl (C=O) groups excluding carboxylic acids is 1. The average molecular weight is 1090 g/mol. The number of H-pyrrole nitrogens is 1. The number of rotatable bonds is 16. The summed E-state index contributed by atoms with van der Waals surface area (Å²) >= 11 is 15.0. The zero-order valence-corrected chi connectivity index (χ0v) is 44.6. The number of anilines is 2. The fourth-order valence-corrected chi connectivity index (χ4v) is 12.5. The number of carbonyl (C=O) groups is 2. The zero-order valence-electron chi connectivity index (χ0n) is 39.8. The molecular weight excluding hydrogens is 1030 g/mol. The predicted molar refractivity (Wildman–Crippen MR) is 278 cm³/mol. The first-order valence-corrected chi connectivity index (χ1v) is 28.1. The molecule has 0 amide bonds. The van der Waals surface area contributed by atoms with Crippen LogP contribution in [0.1, 0.15) is 91.2 Å². The molecule has 23 heteroatoms. The molecule has 2 fully saturated rings. The van der Waals surface area contributed by atoms with Crippen LogP contribution in [0.15, 0.2) is 107 Å². The normalized spacial score (nSPS) is 15.5. The van der Waals surface area contributed by atoms with E-state index >= 15 is 0 Å². The van der Waals surface area contributed by atoms with Crippen molar-refractivity contribution < 1.29 is 41.7 Å². The molecule has 0 aliphatic carbocycles. The molecule has 6 aromatic rings. The van der Waals surface area contributed by atoms with Crippen molar-refractivity contribution in [1.29, 1.82) is 0 Å². The van der Waals surface area contributed by atoms with E-state index in [1.54, 1.807) is 84.1 Å². The lowest BCUT2D eigenvalue weighted by atomic mass is 9.94. The molecule has 0 spiro atoms. The van der Waals surface area contributed by atoms with E-state index in [1.807, 2.05) is 42.5 Å². The van der Waals surface area contributed by atoms with Gasteiger partial charge in [0.25, 0.3) is 5.91 Å². The van der Waals surface area contributed by atoms with E-state index in [4.69, 9.17) is 33.4 Å². The lowest BCUT2D eigenvalue weighted by Crippen LogP contribution is -2.38. The van der Waals surface area contributed by atoms with Crippen LogP contribution < -0.4 is 10.6 Å². The van der Waals surface area contributed by atoms with Gasteiger partial charge in [-0.15, -0.1) is 22.7 Å². The molecule has 4 aromatic heterocycles. The van der Waals surface area contributed by atoms with Gasteiger partial charge in [0, 0.05) is 65.6 Å². The molecule has 71 heavy (non-hydrogen) atoms. The monoisotopic (exact) mass is 1090 g/mol. The van der Waals surface area contributed by atoms with Gasteiger partial charge in [0.05, 0.1) is 61.3 Å². The Kier molecular flexibility index (Phi) is 19.1. The Balaban J connectivity index is 0.000000205. The first-order chi connectivity index (χ1) is 33.6. The highest BCUT2D eigenvalue weighted by atomic mass is 35.5. The number of aromatic nitrogens is 4. The maximum absolute atomic E-state index is 13.2. The maximum atomic E-state index is 13.2. The summed E-state index contributed by atoms with van der Waals surface area (Å²) in [6, 6.07) is 28.6. The third-order valence-corrected chi connectivity index (χ3v) is 18.4. The smallest absolute Gasteiger partial charge is 0.311 e. The number of carboxylic acids is 1. The van der Waals surface area contributed by atoms with Crippen molar-refractivity contribution in [1.82, 2.24) is 28.6 Å². The highest BCUT2D eigenvalue weighted by Crippen LogP contribution is 2.34. The Hall–Kier alpha value is -4.68. The standard InChI is InChI=1S/C24H29ClN4O4S2.C19H21ClN4O2S2.C5H10O3/c1-24(2,16-30)23(31)29-22(26-15-18-8-9-21(25)34-18)14-20(27-29)17-10-12-28(13-11-17)35(32,33)19-6-4-3-5-7-19;20-18-7-6-15(27-18)13-21-19-12-17(22-23-19)14-8-10-24(11-9-14)28(25,26)16-4-2-1-3-5-16;1-5(2,3-6)4(7)8/h3-9,14,17,26,30H,10-13,15-16H2,1-2H3;1-7,12,14H,8-11,13H2,(H2,21,22,23);6H,3H2,1-2H3,(H,7,8). The second-order valence-corrected chi connectivity index (χ2v) is 25.8. The topological polar surface area (TPSA) is 240 Å². The van der Waals surface area contributed by atoms with E-state index in [0.717, 1.165) is 44.1 Å². The fraction of sp³-hybridized carbons (Fsp3) is 0.417. The van der Waals surface area contributed by atoms with E-state index in [0.29, 0.717) is 72.1 Å². The minimum absolute atomic E-state index is 0.0141. The number of aliphatic hydroxyl groups excluding tert-OH is 2. The van der Waals surface area contributed by atoms with E-state index in [1.165, 1.54) is 34.2 Å². The highest BCUT2D eigenvalue weighted by Gasteiger charge is 2.35. The lowest BCUT2D eigenvalue weighted by molar-refractivity contribution is -0.148. The number of aromatic amines is 1. The predicted octanol–water partition coefficient (Wildman–Crippen LogP) is 8.83. The van der Waals surface area contributed by atoms with Crippen molar-refractivity contribution in [3.8, 4) is 0 Å².